The summed E-state index contributed by atoms with van der Waals surface area (Å²) in [5.41, 5.74) is 1.87. The maximum Gasteiger partial charge on any atom is 0.339 e. The maximum absolute atomic E-state index is 13.0. The summed E-state index contributed by atoms with van der Waals surface area (Å²) in [5.74, 6) is -0.0173. The number of hydrogen-bond acceptors (Lipinski definition) is 4. The molecular formula is C25H29NO4. The molecule has 1 aliphatic heterocycles. The number of likely N-dealkylation sites (tertiary alicyclic amines) is 1. The van der Waals surface area contributed by atoms with Crippen molar-refractivity contribution >= 4 is 23.5 Å². The van der Waals surface area contributed by atoms with Crippen molar-refractivity contribution < 1.29 is 19.1 Å². The second kappa shape index (κ2) is 10.1. The van der Waals surface area contributed by atoms with Gasteiger partial charge in [0.2, 0.25) is 0 Å². The van der Waals surface area contributed by atoms with Crippen LogP contribution < -0.4 is 4.74 Å². The van der Waals surface area contributed by atoms with E-state index in [1.54, 1.807) is 13.2 Å². The first-order chi connectivity index (χ1) is 14.5. The Kier molecular flexibility index (Phi) is 7.28. The standard InChI is InChI=1S/C25H29NO4/c1-18-10-9-11-19(2)26(18)24(27)17-30-25(28)22(20-12-5-4-6-13-20)16-21-14-7-8-15-23(21)29-3/h4-8,12-16,18-19H,9-11,17H2,1-3H3/b22-16+. The highest BCUT2D eigenvalue weighted by atomic mass is 16.5. The summed E-state index contributed by atoms with van der Waals surface area (Å²) in [7, 11) is 1.59. The molecule has 0 spiro atoms. The van der Waals surface area contributed by atoms with Gasteiger partial charge in [-0.3, -0.25) is 4.79 Å². The fraction of sp³-hybridized carbons (Fsp3) is 0.360. The van der Waals surface area contributed by atoms with Gasteiger partial charge in [0.25, 0.3) is 5.91 Å². The van der Waals surface area contributed by atoms with Crippen molar-refractivity contribution in [3.05, 3.63) is 65.7 Å². The van der Waals surface area contributed by atoms with Crippen LogP contribution in [-0.4, -0.2) is 42.6 Å². The van der Waals surface area contributed by atoms with E-state index in [2.05, 4.69) is 0 Å². The number of carbonyl (C=O) groups is 2. The summed E-state index contributed by atoms with van der Waals surface area (Å²) < 4.78 is 10.9. The van der Waals surface area contributed by atoms with Crippen molar-refractivity contribution in [1.82, 2.24) is 4.90 Å². The molecule has 1 aliphatic rings. The zero-order valence-corrected chi connectivity index (χ0v) is 17.8. The molecule has 2 atom stereocenters. The second-order valence-corrected chi connectivity index (χ2v) is 7.67. The van der Waals surface area contributed by atoms with Crippen LogP contribution in [0.3, 0.4) is 0 Å². The summed E-state index contributed by atoms with van der Waals surface area (Å²) >= 11 is 0. The van der Waals surface area contributed by atoms with Crippen LogP contribution in [0.15, 0.2) is 54.6 Å². The highest BCUT2D eigenvalue weighted by Gasteiger charge is 2.29. The summed E-state index contributed by atoms with van der Waals surface area (Å²) in [5, 5.41) is 0. The van der Waals surface area contributed by atoms with E-state index in [9.17, 15) is 9.59 Å². The predicted octanol–water partition coefficient (Wildman–Crippen LogP) is 4.57. The molecule has 5 nitrogen and oxygen atoms in total. The molecule has 0 bridgehead atoms. The smallest absolute Gasteiger partial charge is 0.339 e. The third kappa shape index (κ3) is 5.09. The van der Waals surface area contributed by atoms with E-state index in [4.69, 9.17) is 9.47 Å². The molecule has 2 aromatic carbocycles. The highest BCUT2D eigenvalue weighted by molar-refractivity contribution is 6.22. The topological polar surface area (TPSA) is 55.8 Å². The number of para-hydroxylation sites is 1. The Labute approximate surface area is 178 Å². The predicted molar refractivity (Wildman–Crippen MR) is 118 cm³/mol. The van der Waals surface area contributed by atoms with Crippen LogP contribution in [0.4, 0.5) is 0 Å². The van der Waals surface area contributed by atoms with E-state index in [1.807, 2.05) is 73.3 Å². The first kappa shape index (κ1) is 21.6. The van der Waals surface area contributed by atoms with E-state index < -0.39 is 5.97 Å². The van der Waals surface area contributed by atoms with Gasteiger partial charge < -0.3 is 14.4 Å². The Morgan fingerprint density at radius 1 is 1.00 bits per heavy atom. The number of esters is 1. The minimum atomic E-state index is -0.530. The zero-order chi connectivity index (χ0) is 21.5. The van der Waals surface area contributed by atoms with Gasteiger partial charge >= 0.3 is 5.97 Å². The first-order valence-electron chi connectivity index (χ1n) is 10.4. The zero-order valence-electron chi connectivity index (χ0n) is 17.8. The highest BCUT2D eigenvalue weighted by Crippen LogP contribution is 2.26. The third-order valence-electron chi connectivity index (χ3n) is 5.55. The molecule has 1 amide bonds. The molecule has 5 heteroatoms. The number of rotatable bonds is 6. The average Bonchev–Trinajstić information content (AvgIpc) is 2.76. The molecule has 2 unspecified atom stereocenters. The Hall–Kier alpha value is -3.08. The summed E-state index contributed by atoms with van der Waals surface area (Å²) in [6.45, 7) is 3.84. The molecular weight excluding hydrogens is 378 g/mol. The van der Waals surface area contributed by atoms with Crippen LogP contribution in [0.5, 0.6) is 5.75 Å². The summed E-state index contributed by atoms with van der Waals surface area (Å²) in [4.78, 5) is 27.6. The molecule has 1 fully saturated rings. The molecule has 1 saturated heterocycles. The molecule has 0 aliphatic carbocycles. The van der Waals surface area contributed by atoms with Gasteiger partial charge in [0.05, 0.1) is 12.7 Å². The fourth-order valence-corrected chi connectivity index (χ4v) is 4.01. The largest absolute Gasteiger partial charge is 0.496 e. The molecule has 3 rings (SSSR count). The van der Waals surface area contributed by atoms with Gasteiger partial charge in [0.15, 0.2) is 6.61 Å². The Balaban J connectivity index is 1.81. The van der Waals surface area contributed by atoms with Crippen LogP contribution >= 0.6 is 0 Å². The van der Waals surface area contributed by atoms with E-state index in [-0.39, 0.29) is 24.6 Å². The number of benzene rings is 2. The molecule has 158 valence electrons. The first-order valence-corrected chi connectivity index (χ1v) is 10.4. The number of amides is 1. The number of carbonyl (C=O) groups excluding carboxylic acids is 2. The molecule has 0 radical (unpaired) electrons. The molecule has 0 saturated carbocycles. The summed E-state index contributed by atoms with van der Waals surface area (Å²) in [6, 6.07) is 17.1. The van der Waals surface area contributed by atoms with Crippen LogP contribution in [0.25, 0.3) is 11.6 Å². The number of hydrogen-bond donors (Lipinski definition) is 0. The second-order valence-electron chi connectivity index (χ2n) is 7.67. The number of ether oxygens (including phenoxy) is 2. The molecule has 2 aromatic rings. The lowest BCUT2D eigenvalue weighted by Crippen LogP contribution is -2.49. The lowest BCUT2D eigenvalue weighted by Gasteiger charge is -2.38. The van der Waals surface area contributed by atoms with Crippen molar-refractivity contribution in [3.8, 4) is 5.75 Å². The van der Waals surface area contributed by atoms with Crippen molar-refractivity contribution in [1.29, 1.82) is 0 Å². The normalized spacial score (nSPS) is 19.3. The van der Waals surface area contributed by atoms with E-state index in [0.717, 1.165) is 30.4 Å². The molecule has 1 heterocycles. The number of piperidine rings is 1. The van der Waals surface area contributed by atoms with Gasteiger partial charge in [-0.25, -0.2) is 4.79 Å². The monoisotopic (exact) mass is 407 g/mol. The Bertz CT molecular complexity index is 896. The number of nitrogens with zero attached hydrogens (tertiary/aromatic N) is 1. The minimum Gasteiger partial charge on any atom is -0.496 e. The Morgan fingerprint density at radius 2 is 1.63 bits per heavy atom. The molecule has 0 N–H and O–H groups in total. The molecule has 30 heavy (non-hydrogen) atoms. The lowest BCUT2D eigenvalue weighted by atomic mass is 9.97. The minimum absolute atomic E-state index is 0.146. The van der Waals surface area contributed by atoms with Gasteiger partial charge in [-0.15, -0.1) is 0 Å². The van der Waals surface area contributed by atoms with Crippen molar-refractivity contribution in [2.24, 2.45) is 0 Å². The van der Waals surface area contributed by atoms with Gasteiger partial charge in [-0.1, -0.05) is 48.5 Å². The summed E-state index contributed by atoms with van der Waals surface area (Å²) in [6.07, 6.45) is 4.82. The van der Waals surface area contributed by atoms with Crippen molar-refractivity contribution in [3.63, 3.8) is 0 Å². The van der Waals surface area contributed by atoms with Gasteiger partial charge in [-0.2, -0.15) is 0 Å². The lowest BCUT2D eigenvalue weighted by molar-refractivity contribution is -0.151. The fourth-order valence-electron chi connectivity index (χ4n) is 4.01. The van der Waals surface area contributed by atoms with Crippen LogP contribution in [0.2, 0.25) is 0 Å². The van der Waals surface area contributed by atoms with E-state index >= 15 is 0 Å². The van der Waals surface area contributed by atoms with E-state index in [1.165, 1.54) is 0 Å². The Morgan fingerprint density at radius 3 is 2.30 bits per heavy atom. The quantitative estimate of drug-likeness (QED) is 0.400. The van der Waals surface area contributed by atoms with Gasteiger partial charge in [0, 0.05) is 17.6 Å². The van der Waals surface area contributed by atoms with Crippen molar-refractivity contribution in [2.75, 3.05) is 13.7 Å². The molecule has 0 aromatic heterocycles. The average molecular weight is 408 g/mol. The van der Waals surface area contributed by atoms with E-state index in [0.29, 0.717) is 11.3 Å². The van der Waals surface area contributed by atoms with Crippen LogP contribution in [-0.2, 0) is 14.3 Å². The third-order valence-corrected chi connectivity index (χ3v) is 5.55. The van der Waals surface area contributed by atoms with Crippen molar-refractivity contribution in [2.45, 2.75) is 45.2 Å². The van der Waals surface area contributed by atoms with Crippen LogP contribution in [0.1, 0.15) is 44.2 Å². The van der Waals surface area contributed by atoms with Gasteiger partial charge in [-0.05, 0) is 50.8 Å². The SMILES string of the molecule is COc1ccccc1/C=C(/C(=O)OCC(=O)N1C(C)CCCC1C)c1ccccc1. The van der Waals surface area contributed by atoms with Crippen LogP contribution in [0, 0.1) is 0 Å². The number of methoxy groups -OCH3 is 1. The van der Waals surface area contributed by atoms with Gasteiger partial charge in [0.1, 0.15) is 5.75 Å². The maximum atomic E-state index is 13.0.